The van der Waals surface area contributed by atoms with Gasteiger partial charge in [0.1, 0.15) is 23.6 Å². The highest BCUT2D eigenvalue weighted by Gasteiger charge is 2.30. The Morgan fingerprint density at radius 3 is 2.24 bits per heavy atom. The van der Waals surface area contributed by atoms with Gasteiger partial charge in [0.25, 0.3) is 0 Å². The van der Waals surface area contributed by atoms with Gasteiger partial charge in [-0.1, -0.05) is 41.4 Å². The molecule has 0 amide bonds. The Labute approximate surface area is 257 Å². The van der Waals surface area contributed by atoms with Crippen LogP contribution in [-0.2, 0) is 11.3 Å². The van der Waals surface area contributed by atoms with Crippen molar-refractivity contribution in [3.63, 3.8) is 0 Å². The first-order chi connectivity index (χ1) is 20.1. The Kier molecular flexibility index (Phi) is 9.78. The van der Waals surface area contributed by atoms with E-state index in [1.54, 1.807) is 24.3 Å². The van der Waals surface area contributed by atoms with Gasteiger partial charge < -0.3 is 19.8 Å². The van der Waals surface area contributed by atoms with Crippen molar-refractivity contribution < 1.29 is 13.2 Å². The van der Waals surface area contributed by atoms with Crippen LogP contribution in [0.4, 0.5) is 10.2 Å². The van der Waals surface area contributed by atoms with Crippen molar-refractivity contribution in [3.05, 3.63) is 64.8 Å². The maximum Gasteiger partial charge on any atom is 0.146 e. The summed E-state index contributed by atoms with van der Waals surface area (Å²) in [6, 6.07) is 11.2. The van der Waals surface area contributed by atoms with Gasteiger partial charge in [0.15, 0.2) is 0 Å². The molecule has 1 unspecified atom stereocenters. The number of nitrogens with two attached hydrogens (primary N) is 2. The first kappa shape index (κ1) is 30.8. The lowest BCUT2D eigenvalue weighted by molar-refractivity contribution is 0.0828. The van der Waals surface area contributed by atoms with E-state index < -0.39 is 11.3 Å². The van der Waals surface area contributed by atoms with Gasteiger partial charge in [-0.3, -0.25) is 14.2 Å². The summed E-state index contributed by atoms with van der Waals surface area (Å²) in [6.07, 6.45) is 8.07. The summed E-state index contributed by atoms with van der Waals surface area (Å²) in [4.78, 5) is 13.9. The zero-order valence-corrected chi connectivity index (χ0v) is 25.5. The molecular weight excluding hydrogens is 600 g/mol. The number of hydrogen-bond acceptors (Lipinski definition) is 7. The van der Waals surface area contributed by atoms with E-state index in [9.17, 15) is 0 Å². The monoisotopic (exact) mass is 632 g/mol. The van der Waals surface area contributed by atoms with Crippen molar-refractivity contribution in [1.29, 1.82) is 0 Å². The Hall–Kier alpha value is -2.64. The van der Waals surface area contributed by atoms with Crippen molar-refractivity contribution in [2.45, 2.75) is 37.8 Å². The van der Waals surface area contributed by atoms with Crippen LogP contribution in [0.2, 0.25) is 10.0 Å². The lowest BCUT2D eigenvalue weighted by atomic mass is 9.89. The minimum atomic E-state index is -2.36. The van der Waals surface area contributed by atoms with E-state index >= 15 is 4.39 Å². The van der Waals surface area contributed by atoms with Crippen molar-refractivity contribution in [3.8, 4) is 22.3 Å². The molecule has 2 aromatic heterocycles. The van der Waals surface area contributed by atoms with Crippen molar-refractivity contribution in [2.24, 2.45) is 5.14 Å². The number of rotatable bonds is 4. The summed E-state index contributed by atoms with van der Waals surface area (Å²) in [6.45, 7) is 4.58. The molecule has 4 N–H and O–H groups in total. The molecule has 6 rings (SSSR count). The number of likely N-dealkylation sites (N-methyl/N-ethyl adjacent to an activating group) is 1. The van der Waals surface area contributed by atoms with Gasteiger partial charge in [-0.25, -0.2) is 14.4 Å². The van der Waals surface area contributed by atoms with Gasteiger partial charge in [0.05, 0.1) is 5.39 Å². The Bertz CT molecular complexity index is 1580. The predicted molar refractivity (Wildman–Crippen MR) is 166 cm³/mol. The zero-order valence-electron chi connectivity index (χ0n) is 23.2. The Balaban J connectivity index is 0.000000830. The van der Waals surface area contributed by atoms with Crippen LogP contribution in [0.1, 0.15) is 31.7 Å². The number of fused-ring (bicyclic) bond motifs is 1. The highest BCUT2D eigenvalue weighted by Crippen LogP contribution is 2.40. The lowest BCUT2D eigenvalue weighted by Gasteiger charge is -2.41. The van der Waals surface area contributed by atoms with E-state index in [-0.39, 0.29) is 5.82 Å². The Morgan fingerprint density at radius 1 is 0.952 bits per heavy atom. The number of halogens is 3. The minimum Gasteiger partial charge on any atom is -0.760 e. The van der Waals surface area contributed by atoms with E-state index in [1.807, 2.05) is 6.07 Å². The minimum absolute atomic E-state index is 0.321. The van der Waals surface area contributed by atoms with Crippen LogP contribution in [0.3, 0.4) is 0 Å². The average molecular weight is 634 g/mol. The van der Waals surface area contributed by atoms with Crippen LogP contribution in [-0.4, -0.2) is 72.4 Å². The van der Waals surface area contributed by atoms with Crippen LogP contribution in [0.15, 0.2) is 48.9 Å². The van der Waals surface area contributed by atoms with E-state index in [0.29, 0.717) is 39.1 Å². The molecule has 9 nitrogen and oxygen atoms in total. The van der Waals surface area contributed by atoms with E-state index in [1.165, 1.54) is 12.4 Å². The number of nitrogen functional groups attached to an aromatic ring is 1. The molecule has 0 radical (unpaired) electrons. The maximum absolute atomic E-state index is 15.4. The molecule has 3 heterocycles. The molecule has 224 valence electrons. The third-order valence-corrected chi connectivity index (χ3v) is 8.80. The summed E-state index contributed by atoms with van der Waals surface area (Å²) < 4.78 is 35.2. The van der Waals surface area contributed by atoms with E-state index in [2.05, 4.69) is 42.7 Å². The number of hydrogen-bond donors (Lipinski definition) is 2. The summed E-state index contributed by atoms with van der Waals surface area (Å²) in [5.41, 5.74) is 9.76. The fourth-order valence-electron chi connectivity index (χ4n) is 6.10. The second-order valence-corrected chi connectivity index (χ2v) is 12.2. The summed E-state index contributed by atoms with van der Waals surface area (Å²) in [7, 11) is 2.20. The molecule has 1 aliphatic carbocycles. The van der Waals surface area contributed by atoms with Crippen molar-refractivity contribution in [1.82, 2.24) is 24.3 Å². The average Bonchev–Trinajstić information content (AvgIpc) is 3.35. The molecule has 2 aromatic carbocycles. The normalized spacial score (nSPS) is 20.7. The number of benzene rings is 2. The van der Waals surface area contributed by atoms with Crippen LogP contribution in [0.5, 0.6) is 0 Å². The van der Waals surface area contributed by atoms with E-state index in [0.717, 1.165) is 74.0 Å². The Morgan fingerprint density at radius 2 is 1.60 bits per heavy atom. The molecule has 0 spiro atoms. The quantitative estimate of drug-likeness (QED) is 0.293. The molecule has 13 heteroatoms. The van der Waals surface area contributed by atoms with Gasteiger partial charge in [-0.15, -0.1) is 0 Å². The SMILES string of the molecule is CN1CCN(C2CCC(n3cc(-c4ccc(-c5ccc(Cl)cc5Cl)c(F)c4)c4c(N)ncnc43)CC2)CC1.NS(=O)[O-]. The summed E-state index contributed by atoms with van der Waals surface area (Å²) in [5, 5.41) is 5.72. The third kappa shape index (κ3) is 6.78. The fourth-order valence-corrected chi connectivity index (χ4v) is 6.61. The van der Waals surface area contributed by atoms with Gasteiger partial charge in [-0.05, 0) is 56.5 Å². The second kappa shape index (κ2) is 13.3. The van der Waals surface area contributed by atoms with Crippen LogP contribution < -0.4 is 10.9 Å². The standard InChI is InChI=1S/C29H31Cl2FN6.H3NO2S/c1-36-10-12-37(13-11-36)20-4-6-21(7-5-20)38-16-24(27-28(33)34-17-35-29(27)38)18-2-8-23(26(32)14-18)22-9-3-19(30)15-25(22)31;1-4(2)3/h2-3,8-9,14-17,20-21H,4-7,10-13H2,1H3,(H2,33,34,35);1H2,(H,2,3)/p-1. The van der Waals surface area contributed by atoms with Crippen LogP contribution in [0, 0.1) is 5.82 Å². The van der Waals surface area contributed by atoms with E-state index in [4.69, 9.17) is 37.7 Å². The molecule has 1 atom stereocenters. The van der Waals surface area contributed by atoms with Gasteiger partial charge >= 0.3 is 0 Å². The summed E-state index contributed by atoms with van der Waals surface area (Å²) in [5.74, 6) is 0.0378. The molecule has 42 heavy (non-hydrogen) atoms. The van der Waals surface area contributed by atoms with Crippen molar-refractivity contribution in [2.75, 3.05) is 39.0 Å². The molecule has 0 bridgehead atoms. The first-order valence-corrected chi connectivity index (χ1v) is 15.6. The van der Waals surface area contributed by atoms with Gasteiger partial charge in [0, 0.05) is 82.5 Å². The maximum atomic E-state index is 15.4. The van der Waals surface area contributed by atoms with Gasteiger partial charge in [0.2, 0.25) is 0 Å². The second-order valence-electron chi connectivity index (χ2n) is 10.8. The molecular formula is C29H33Cl2FN7O2S-. The lowest BCUT2D eigenvalue weighted by Crippen LogP contribution is -2.49. The van der Waals surface area contributed by atoms with Crippen LogP contribution >= 0.6 is 23.2 Å². The fraction of sp³-hybridized carbons (Fsp3) is 0.379. The molecule has 1 saturated carbocycles. The third-order valence-electron chi connectivity index (χ3n) is 8.25. The number of anilines is 1. The molecule has 1 saturated heterocycles. The molecule has 4 aromatic rings. The highest BCUT2D eigenvalue weighted by molar-refractivity contribution is 7.76. The predicted octanol–water partition coefficient (Wildman–Crippen LogP) is 5.26. The zero-order chi connectivity index (χ0) is 30.0. The van der Waals surface area contributed by atoms with Gasteiger partial charge in [-0.2, -0.15) is 0 Å². The number of aromatic nitrogens is 3. The van der Waals surface area contributed by atoms with Crippen LogP contribution in [0.25, 0.3) is 33.3 Å². The number of nitrogens with zero attached hydrogens (tertiary/aromatic N) is 5. The highest BCUT2D eigenvalue weighted by atomic mass is 35.5. The first-order valence-electron chi connectivity index (χ1n) is 13.7. The smallest absolute Gasteiger partial charge is 0.146 e. The molecule has 2 fully saturated rings. The molecule has 2 aliphatic rings. The topological polar surface area (TPSA) is 129 Å². The largest absolute Gasteiger partial charge is 0.760 e. The van der Waals surface area contributed by atoms with Crippen molar-refractivity contribution >= 4 is 51.3 Å². The summed E-state index contributed by atoms with van der Waals surface area (Å²) >= 11 is 10.0. The molecule has 1 aliphatic heterocycles. The number of piperazine rings is 1.